The average molecular weight is 255 g/mol. The largest absolute Gasteiger partial charge is 0.394 e. The van der Waals surface area contributed by atoms with Crippen molar-refractivity contribution in [3.63, 3.8) is 0 Å². The maximum atomic E-state index is 9.48. The van der Waals surface area contributed by atoms with E-state index in [1.807, 2.05) is 24.3 Å². The average Bonchev–Trinajstić information content (AvgIpc) is 2.52. The molecule has 1 aromatic carbocycles. The van der Waals surface area contributed by atoms with E-state index in [1.54, 1.807) is 0 Å². The molecule has 1 aliphatic rings. The van der Waals surface area contributed by atoms with Gasteiger partial charge >= 0.3 is 0 Å². The van der Waals surface area contributed by atoms with Crippen LogP contribution >= 0.6 is 11.6 Å². The molecule has 1 fully saturated rings. The first-order valence-corrected chi connectivity index (χ1v) is 6.45. The second-order valence-electron chi connectivity index (χ2n) is 4.60. The molecule has 2 N–H and O–H groups in total. The molecule has 0 spiro atoms. The van der Waals surface area contributed by atoms with Gasteiger partial charge in [-0.25, -0.2) is 0 Å². The molecular weight excluding hydrogens is 236 g/mol. The Bertz CT molecular complexity index is 355. The summed E-state index contributed by atoms with van der Waals surface area (Å²) >= 11 is 5.90. The molecule has 0 aliphatic carbocycles. The Morgan fingerprint density at radius 1 is 1.41 bits per heavy atom. The zero-order valence-corrected chi connectivity index (χ0v) is 10.8. The van der Waals surface area contributed by atoms with E-state index in [1.165, 1.54) is 0 Å². The third-order valence-corrected chi connectivity index (χ3v) is 3.57. The molecule has 2 rings (SSSR count). The van der Waals surface area contributed by atoms with Gasteiger partial charge in [0, 0.05) is 29.8 Å². The lowest BCUT2D eigenvalue weighted by atomic mass is 10.2. The van der Waals surface area contributed by atoms with Crippen LogP contribution in [0.4, 0.5) is 5.69 Å². The first kappa shape index (κ1) is 12.7. The lowest BCUT2D eigenvalue weighted by Gasteiger charge is -2.30. The molecule has 2 unspecified atom stereocenters. The van der Waals surface area contributed by atoms with E-state index in [-0.39, 0.29) is 12.6 Å². The number of hydrogen-bond acceptors (Lipinski definition) is 3. The highest BCUT2D eigenvalue weighted by atomic mass is 35.5. The van der Waals surface area contributed by atoms with Crippen molar-refractivity contribution in [1.82, 2.24) is 5.32 Å². The van der Waals surface area contributed by atoms with Gasteiger partial charge in [-0.05, 0) is 37.6 Å². The van der Waals surface area contributed by atoms with Crippen molar-refractivity contribution in [3.8, 4) is 0 Å². The molecule has 3 nitrogen and oxygen atoms in total. The molecule has 94 valence electrons. The number of halogens is 1. The maximum Gasteiger partial charge on any atom is 0.0647 e. The van der Waals surface area contributed by atoms with Gasteiger partial charge in [0.1, 0.15) is 0 Å². The van der Waals surface area contributed by atoms with E-state index in [4.69, 9.17) is 11.6 Å². The summed E-state index contributed by atoms with van der Waals surface area (Å²) in [7, 11) is 0. The molecule has 1 heterocycles. The molecular formula is C13H19ClN2O. The number of aliphatic hydroxyl groups is 1. The van der Waals surface area contributed by atoms with Crippen LogP contribution in [-0.4, -0.2) is 36.9 Å². The van der Waals surface area contributed by atoms with E-state index < -0.39 is 0 Å². The van der Waals surface area contributed by atoms with Crippen molar-refractivity contribution in [2.75, 3.05) is 24.6 Å². The van der Waals surface area contributed by atoms with Gasteiger partial charge in [-0.3, -0.25) is 0 Å². The number of anilines is 1. The van der Waals surface area contributed by atoms with Crippen LogP contribution in [0.3, 0.4) is 0 Å². The van der Waals surface area contributed by atoms with Gasteiger partial charge in [-0.1, -0.05) is 11.6 Å². The summed E-state index contributed by atoms with van der Waals surface area (Å²) in [5.74, 6) is 0. The Kier molecular flexibility index (Phi) is 4.26. The molecule has 0 saturated carbocycles. The summed E-state index contributed by atoms with van der Waals surface area (Å²) in [6, 6.07) is 8.46. The fourth-order valence-corrected chi connectivity index (χ4v) is 2.33. The molecule has 0 amide bonds. The quantitative estimate of drug-likeness (QED) is 0.846. The zero-order valence-electron chi connectivity index (χ0n) is 10.1. The topological polar surface area (TPSA) is 35.5 Å². The Balaban J connectivity index is 2.18. The fourth-order valence-electron chi connectivity index (χ4n) is 2.20. The van der Waals surface area contributed by atoms with Crippen LogP contribution in [0.25, 0.3) is 0 Å². The van der Waals surface area contributed by atoms with Gasteiger partial charge in [-0.2, -0.15) is 0 Å². The van der Waals surface area contributed by atoms with E-state index in [2.05, 4.69) is 17.1 Å². The highest BCUT2D eigenvalue weighted by Crippen LogP contribution is 2.21. The molecule has 0 radical (unpaired) electrons. The first-order chi connectivity index (χ1) is 8.20. The minimum absolute atomic E-state index is 0.140. The number of aliphatic hydroxyl groups excluding tert-OH is 1. The van der Waals surface area contributed by atoms with Gasteiger partial charge in [0.15, 0.2) is 0 Å². The zero-order chi connectivity index (χ0) is 12.3. The maximum absolute atomic E-state index is 9.48. The summed E-state index contributed by atoms with van der Waals surface area (Å²) < 4.78 is 0. The van der Waals surface area contributed by atoms with Crippen LogP contribution in [0, 0.1) is 0 Å². The van der Waals surface area contributed by atoms with Gasteiger partial charge < -0.3 is 15.3 Å². The molecule has 4 heteroatoms. The summed E-state index contributed by atoms with van der Waals surface area (Å²) in [5.41, 5.74) is 1.13. The number of benzene rings is 1. The first-order valence-electron chi connectivity index (χ1n) is 6.07. The van der Waals surface area contributed by atoms with Crippen LogP contribution in [-0.2, 0) is 0 Å². The predicted octanol–water partition coefficient (Wildman–Crippen LogP) is 1.89. The van der Waals surface area contributed by atoms with Crippen molar-refractivity contribution in [2.45, 2.75) is 25.4 Å². The van der Waals surface area contributed by atoms with Crippen molar-refractivity contribution in [3.05, 3.63) is 29.3 Å². The van der Waals surface area contributed by atoms with E-state index in [0.29, 0.717) is 6.04 Å². The summed E-state index contributed by atoms with van der Waals surface area (Å²) in [4.78, 5) is 2.26. The smallest absolute Gasteiger partial charge is 0.0647 e. The van der Waals surface area contributed by atoms with Crippen LogP contribution < -0.4 is 10.2 Å². The Hall–Kier alpha value is -0.770. The van der Waals surface area contributed by atoms with Crippen molar-refractivity contribution < 1.29 is 5.11 Å². The monoisotopic (exact) mass is 254 g/mol. The van der Waals surface area contributed by atoms with E-state index in [9.17, 15) is 5.11 Å². The third kappa shape index (κ3) is 3.12. The van der Waals surface area contributed by atoms with Crippen molar-refractivity contribution >= 4 is 17.3 Å². The normalized spacial score (nSPS) is 25.7. The number of hydrogen-bond donors (Lipinski definition) is 2. The minimum atomic E-state index is 0.140. The second-order valence-corrected chi connectivity index (χ2v) is 5.04. The minimum Gasteiger partial charge on any atom is -0.394 e. The number of rotatable bonds is 2. The van der Waals surface area contributed by atoms with Gasteiger partial charge in [0.05, 0.1) is 12.6 Å². The van der Waals surface area contributed by atoms with Crippen LogP contribution in [0.15, 0.2) is 24.3 Å². The number of nitrogens with one attached hydrogen (secondary N) is 1. The van der Waals surface area contributed by atoms with E-state index in [0.717, 1.165) is 30.2 Å². The second kappa shape index (κ2) is 5.71. The Morgan fingerprint density at radius 2 is 2.12 bits per heavy atom. The summed E-state index contributed by atoms with van der Waals surface area (Å²) in [6.45, 7) is 4.13. The highest BCUT2D eigenvalue weighted by Gasteiger charge is 2.22. The van der Waals surface area contributed by atoms with Crippen molar-refractivity contribution in [1.29, 1.82) is 0 Å². The van der Waals surface area contributed by atoms with Crippen LogP contribution in [0.5, 0.6) is 0 Å². The predicted molar refractivity (Wildman–Crippen MR) is 71.8 cm³/mol. The molecule has 17 heavy (non-hydrogen) atoms. The summed E-state index contributed by atoms with van der Waals surface area (Å²) in [5, 5.41) is 13.7. The van der Waals surface area contributed by atoms with Crippen LogP contribution in [0.2, 0.25) is 5.02 Å². The molecule has 1 saturated heterocycles. The molecule has 2 atom stereocenters. The third-order valence-electron chi connectivity index (χ3n) is 3.31. The fraction of sp³-hybridized carbons (Fsp3) is 0.538. The number of nitrogens with zero attached hydrogens (tertiary/aromatic N) is 1. The summed E-state index contributed by atoms with van der Waals surface area (Å²) in [6.07, 6.45) is 1.08. The highest BCUT2D eigenvalue weighted by molar-refractivity contribution is 6.30. The van der Waals surface area contributed by atoms with Gasteiger partial charge in [-0.15, -0.1) is 0 Å². The molecule has 0 bridgehead atoms. The standard InChI is InChI=1S/C13H19ClN2O/c1-10-6-7-16(13(9-17)8-15-10)12-4-2-11(14)3-5-12/h2-5,10,13,15,17H,6-9H2,1H3. The Morgan fingerprint density at radius 3 is 2.76 bits per heavy atom. The van der Waals surface area contributed by atoms with Crippen molar-refractivity contribution in [2.24, 2.45) is 0 Å². The lowest BCUT2D eigenvalue weighted by Crippen LogP contribution is -2.42. The lowest BCUT2D eigenvalue weighted by molar-refractivity contribution is 0.259. The van der Waals surface area contributed by atoms with E-state index >= 15 is 0 Å². The van der Waals surface area contributed by atoms with Crippen LogP contribution in [0.1, 0.15) is 13.3 Å². The van der Waals surface area contributed by atoms with Gasteiger partial charge in [0.2, 0.25) is 0 Å². The SMILES string of the molecule is CC1CCN(c2ccc(Cl)cc2)C(CO)CN1. The molecule has 1 aromatic rings. The molecule has 1 aliphatic heterocycles. The Labute approximate surface area is 107 Å². The molecule has 0 aromatic heterocycles. The van der Waals surface area contributed by atoms with Gasteiger partial charge in [0.25, 0.3) is 0 Å².